The van der Waals surface area contributed by atoms with Crippen LogP contribution in [0.5, 0.6) is 0 Å². The van der Waals surface area contributed by atoms with Crippen LogP contribution in [0.3, 0.4) is 0 Å². The molecule has 0 radical (unpaired) electrons. The molecule has 0 heterocycles. The third-order valence-corrected chi connectivity index (χ3v) is 3.63. The molecule has 1 rings (SSSR count). The van der Waals surface area contributed by atoms with Gasteiger partial charge in [0.15, 0.2) is 5.78 Å². The van der Waals surface area contributed by atoms with Gasteiger partial charge in [0, 0.05) is 5.56 Å². The summed E-state index contributed by atoms with van der Waals surface area (Å²) < 4.78 is 0. The van der Waals surface area contributed by atoms with Gasteiger partial charge in [0.2, 0.25) is 0 Å². The lowest BCUT2D eigenvalue weighted by Crippen LogP contribution is -2.46. The third kappa shape index (κ3) is 2.57. The fourth-order valence-corrected chi connectivity index (χ4v) is 1.79. The minimum atomic E-state index is -0.808. The second-order valence-electron chi connectivity index (χ2n) is 3.82. The van der Waals surface area contributed by atoms with Crippen LogP contribution in [0.2, 0.25) is 10.0 Å². The zero-order chi connectivity index (χ0) is 12.3. The maximum atomic E-state index is 12.2. The van der Waals surface area contributed by atoms with Crippen LogP contribution >= 0.6 is 23.2 Å². The Morgan fingerprint density at radius 1 is 1.25 bits per heavy atom. The Morgan fingerprint density at radius 2 is 1.81 bits per heavy atom. The molecular weight excluding hydrogens is 245 g/mol. The summed E-state index contributed by atoms with van der Waals surface area (Å²) in [6.07, 6.45) is 1.20. The highest BCUT2D eigenvalue weighted by molar-refractivity contribution is 6.42. The molecule has 0 aliphatic rings. The van der Waals surface area contributed by atoms with E-state index < -0.39 is 5.54 Å². The topological polar surface area (TPSA) is 43.1 Å². The fraction of sp³-hybridized carbons (Fsp3) is 0.417. The molecule has 2 nitrogen and oxygen atoms in total. The summed E-state index contributed by atoms with van der Waals surface area (Å²) in [5.41, 5.74) is 5.74. The molecule has 88 valence electrons. The van der Waals surface area contributed by atoms with E-state index in [1.54, 1.807) is 18.2 Å². The fourth-order valence-electron chi connectivity index (χ4n) is 1.50. The van der Waals surface area contributed by atoms with Gasteiger partial charge >= 0.3 is 0 Å². The average molecular weight is 260 g/mol. The smallest absolute Gasteiger partial charge is 0.182 e. The molecule has 0 aliphatic carbocycles. The van der Waals surface area contributed by atoms with E-state index in [9.17, 15) is 4.79 Å². The monoisotopic (exact) mass is 259 g/mol. The molecule has 0 saturated heterocycles. The van der Waals surface area contributed by atoms with Gasteiger partial charge in [-0.15, -0.1) is 0 Å². The lowest BCUT2D eigenvalue weighted by atomic mass is 9.85. The lowest BCUT2D eigenvalue weighted by molar-refractivity contribution is 0.0879. The molecule has 1 aromatic carbocycles. The van der Waals surface area contributed by atoms with Gasteiger partial charge in [-0.2, -0.15) is 0 Å². The van der Waals surface area contributed by atoms with E-state index in [0.717, 1.165) is 0 Å². The second-order valence-corrected chi connectivity index (χ2v) is 4.64. The summed E-state index contributed by atoms with van der Waals surface area (Å²) in [6.45, 7) is 3.80. The molecular formula is C12H15Cl2NO. The molecule has 1 aromatic rings. The molecule has 0 spiro atoms. The molecule has 0 aliphatic heterocycles. The number of carbonyl (C=O) groups is 1. The molecule has 0 unspecified atom stereocenters. The Labute approximate surface area is 106 Å². The van der Waals surface area contributed by atoms with Crippen molar-refractivity contribution in [3.8, 4) is 0 Å². The molecule has 16 heavy (non-hydrogen) atoms. The number of carbonyl (C=O) groups excluding carboxylic acids is 1. The predicted octanol–water partition coefficient (Wildman–Crippen LogP) is 3.69. The standard InChI is InChI=1S/C12H15Cl2NO/c1-3-12(15,4-2)11(16)8-5-6-9(13)10(14)7-8/h5-7H,3-4,15H2,1-2H3. The van der Waals surface area contributed by atoms with Crippen LogP contribution in [0.25, 0.3) is 0 Å². The zero-order valence-corrected chi connectivity index (χ0v) is 10.9. The first-order chi connectivity index (χ1) is 7.44. The van der Waals surface area contributed by atoms with Crippen LogP contribution in [0.1, 0.15) is 37.0 Å². The van der Waals surface area contributed by atoms with Gasteiger partial charge in [0.25, 0.3) is 0 Å². The number of benzene rings is 1. The molecule has 0 bridgehead atoms. The van der Waals surface area contributed by atoms with Crippen LogP contribution in [-0.2, 0) is 0 Å². The average Bonchev–Trinajstić information content (AvgIpc) is 2.30. The summed E-state index contributed by atoms with van der Waals surface area (Å²) in [5.74, 6) is -0.0870. The minimum absolute atomic E-state index is 0.0870. The first-order valence-electron chi connectivity index (χ1n) is 5.23. The zero-order valence-electron chi connectivity index (χ0n) is 9.39. The largest absolute Gasteiger partial charge is 0.319 e. The highest BCUT2D eigenvalue weighted by atomic mass is 35.5. The Bertz CT molecular complexity index is 400. The maximum absolute atomic E-state index is 12.2. The van der Waals surface area contributed by atoms with Crippen molar-refractivity contribution in [2.75, 3.05) is 0 Å². The van der Waals surface area contributed by atoms with Crippen LogP contribution in [-0.4, -0.2) is 11.3 Å². The van der Waals surface area contributed by atoms with Crippen molar-refractivity contribution in [3.63, 3.8) is 0 Å². The molecule has 0 atom stereocenters. The molecule has 4 heteroatoms. The Kier molecular flexibility index (Phi) is 4.36. The van der Waals surface area contributed by atoms with Gasteiger partial charge in [-0.25, -0.2) is 0 Å². The van der Waals surface area contributed by atoms with E-state index in [1.807, 2.05) is 13.8 Å². The van der Waals surface area contributed by atoms with E-state index in [0.29, 0.717) is 28.5 Å². The van der Waals surface area contributed by atoms with Crippen LogP contribution in [0, 0.1) is 0 Å². The third-order valence-electron chi connectivity index (χ3n) is 2.90. The lowest BCUT2D eigenvalue weighted by Gasteiger charge is -2.24. The normalized spacial score (nSPS) is 11.6. The van der Waals surface area contributed by atoms with Crippen molar-refractivity contribution < 1.29 is 4.79 Å². The second kappa shape index (κ2) is 5.17. The maximum Gasteiger partial charge on any atom is 0.182 e. The number of rotatable bonds is 4. The summed E-state index contributed by atoms with van der Waals surface area (Å²) in [5, 5.41) is 0.816. The number of halogens is 2. The van der Waals surface area contributed by atoms with Crippen LogP contribution in [0.4, 0.5) is 0 Å². The van der Waals surface area contributed by atoms with E-state index >= 15 is 0 Å². The molecule has 0 aromatic heterocycles. The van der Waals surface area contributed by atoms with E-state index in [-0.39, 0.29) is 5.78 Å². The van der Waals surface area contributed by atoms with Gasteiger partial charge < -0.3 is 5.73 Å². The molecule has 0 fully saturated rings. The number of Topliss-reactive ketones (excluding diaryl/α,β-unsaturated/α-hetero) is 1. The number of nitrogens with two attached hydrogens (primary N) is 1. The van der Waals surface area contributed by atoms with Crippen molar-refractivity contribution in [2.24, 2.45) is 5.73 Å². The number of hydrogen-bond donors (Lipinski definition) is 1. The van der Waals surface area contributed by atoms with Crippen LogP contribution in [0.15, 0.2) is 18.2 Å². The van der Waals surface area contributed by atoms with Crippen molar-refractivity contribution in [1.29, 1.82) is 0 Å². The highest BCUT2D eigenvalue weighted by Crippen LogP contribution is 2.25. The van der Waals surface area contributed by atoms with E-state index in [1.165, 1.54) is 0 Å². The van der Waals surface area contributed by atoms with E-state index in [2.05, 4.69) is 0 Å². The predicted molar refractivity (Wildman–Crippen MR) is 68.3 cm³/mol. The quantitative estimate of drug-likeness (QED) is 0.839. The summed E-state index contributed by atoms with van der Waals surface area (Å²) in [6, 6.07) is 4.84. The van der Waals surface area contributed by atoms with E-state index in [4.69, 9.17) is 28.9 Å². The van der Waals surface area contributed by atoms with Crippen molar-refractivity contribution in [2.45, 2.75) is 32.2 Å². The van der Waals surface area contributed by atoms with Gasteiger partial charge in [-0.3, -0.25) is 4.79 Å². The molecule has 0 saturated carbocycles. The van der Waals surface area contributed by atoms with Gasteiger partial charge in [-0.1, -0.05) is 37.0 Å². The number of hydrogen-bond acceptors (Lipinski definition) is 2. The first kappa shape index (κ1) is 13.5. The summed E-state index contributed by atoms with van der Waals surface area (Å²) in [4.78, 5) is 12.2. The molecule has 2 N–H and O–H groups in total. The Hall–Kier alpha value is -0.570. The van der Waals surface area contributed by atoms with Crippen LogP contribution < -0.4 is 5.73 Å². The first-order valence-corrected chi connectivity index (χ1v) is 5.99. The summed E-state index contributed by atoms with van der Waals surface area (Å²) in [7, 11) is 0. The SMILES string of the molecule is CCC(N)(CC)C(=O)c1ccc(Cl)c(Cl)c1. The van der Waals surface area contributed by atoms with Crippen molar-refractivity contribution >= 4 is 29.0 Å². The Morgan fingerprint density at radius 3 is 2.25 bits per heavy atom. The van der Waals surface area contributed by atoms with Gasteiger partial charge in [0.1, 0.15) is 0 Å². The summed E-state index contributed by atoms with van der Waals surface area (Å²) >= 11 is 11.7. The van der Waals surface area contributed by atoms with Gasteiger partial charge in [-0.05, 0) is 31.0 Å². The number of ketones is 1. The van der Waals surface area contributed by atoms with Crippen molar-refractivity contribution in [3.05, 3.63) is 33.8 Å². The highest BCUT2D eigenvalue weighted by Gasteiger charge is 2.30. The Balaban J connectivity index is 3.09. The minimum Gasteiger partial charge on any atom is -0.319 e. The molecule has 0 amide bonds. The van der Waals surface area contributed by atoms with Crippen molar-refractivity contribution in [1.82, 2.24) is 0 Å². The van der Waals surface area contributed by atoms with Gasteiger partial charge in [0.05, 0.1) is 15.6 Å².